The largest absolute Gasteiger partial charge is 0.478 e. The van der Waals surface area contributed by atoms with Gasteiger partial charge >= 0.3 is 17.9 Å². The van der Waals surface area contributed by atoms with Crippen LogP contribution in [0.15, 0.2) is 54.1 Å². The van der Waals surface area contributed by atoms with E-state index in [4.69, 9.17) is 9.47 Å². The molecule has 0 saturated heterocycles. The smallest absolute Gasteiger partial charge is 0.345 e. The first-order valence-corrected chi connectivity index (χ1v) is 23.3. The second kappa shape index (κ2) is 21.8. The summed E-state index contributed by atoms with van der Waals surface area (Å²) < 4.78 is 11.0. The van der Waals surface area contributed by atoms with Crippen LogP contribution in [0.5, 0.6) is 0 Å². The lowest BCUT2D eigenvalue weighted by Gasteiger charge is -2.58. The summed E-state index contributed by atoms with van der Waals surface area (Å²) >= 11 is 0. The maximum atomic E-state index is 12.8. The van der Waals surface area contributed by atoms with Crippen LogP contribution < -0.4 is 5.32 Å². The average Bonchev–Trinajstić information content (AvgIpc) is 3.56. The van der Waals surface area contributed by atoms with Crippen LogP contribution >= 0.6 is 0 Å². The lowest BCUT2D eigenvalue weighted by Crippen LogP contribution is -2.51. The van der Waals surface area contributed by atoms with Crippen LogP contribution in [-0.4, -0.2) is 47.7 Å². The van der Waals surface area contributed by atoms with Crippen molar-refractivity contribution >= 4 is 23.8 Å². The van der Waals surface area contributed by atoms with Gasteiger partial charge < -0.3 is 19.9 Å². The number of hydrogen-bond acceptors (Lipinski definition) is 6. The van der Waals surface area contributed by atoms with Gasteiger partial charge in [-0.1, -0.05) is 95.0 Å². The van der Waals surface area contributed by atoms with Crippen molar-refractivity contribution in [1.82, 2.24) is 5.32 Å². The highest BCUT2D eigenvalue weighted by molar-refractivity contribution is 5.85. The van der Waals surface area contributed by atoms with Gasteiger partial charge in [0.15, 0.2) is 0 Å². The number of carboxylic acid groups (broad SMARTS) is 1. The molecule has 0 heterocycles. The number of nitrogens with one attached hydrogen (secondary N) is 1. The Balaban J connectivity index is 1.02. The number of benzene rings is 1. The molecule has 0 aliphatic heterocycles. The number of carbonyl (C=O) groups excluding carboxylic acids is 3. The molecule has 330 valence electrons. The average molecular weight is 826 g/mol. The van der Waals surface area contributed by atoms with E-state index in [1.165, 1.54) is 68.9 Å². The summed E-state index contributed by atoms with van der Waals surface area (Å²) in [4.78, 5) is 49.3. The fourth-order valence-corrected chi connectivity index (χ4v) is 11.9. The van der Waals surface area contributed by atoms with E-state index in [9.17, 15) is 24.3 Å². The molecule has 11 atom stereocenters. The minimum atomic E-state index is -1.34. The zero-order chi connectivity index (χ0) is 43.5. The summed E-state index contributed by atoms with van der Waals surface area (Å²) in [5, 5.41) is 12.1. The molecule has 2 N–H and O–H groups in total. The molecular formula is C52H75NO7. The van der Waals surface area contributed by atoms with Crippen LogP contribution in [0.3, 0.4) is 0 Å². The van der Waals surface area contributed by atoms with Crippen LogP contribution in [0, 0.1) is 64.1 Å². The molecule has 11 unspecified atom stereocenters. The van der Waals surface area contributed by atoms with E-state index in [-0.39, 0.29) is 37.3 Å². The molecule has 0 spiro atoms. The van der Waals surface area contributed by atoms with Crippen molar-refractivity contribution in [3.05, 3.63) is 59.7 Å². The number of rotatable bonds is 20. The molecule has 1 aromatic carbocycles. The minimum Gasteiger partial charge on any atom is -0.478 e. The summed E-state index contributed by atoms with van der Waals surface area (Å²) in [6.07, 6.45) is 17.8. The number of fused-ring (bicyclic) bond motifs is 5. The van der Waals surface area contributed by atoms with E-state index in [1.807, 2.05) is 6.07 Å². The van der Waals surface area contributed by atoms with E-state index in [0.717, 1.165) is 67.8 Å². The first-order valence-electron chi connectivity index (χ1n) is 23.3. The Morgan fingerprint density at radius 3 is 2.42 bits per heavy atom. The third kappa shape index (κ3) is 12.6. The Morgan fingerprint density at radius 1 is 0.917 bits per heavy atom. The van der Waals surface area contributed by atoms with Gasteiger partial charge in [-0.25, -0.2) is 4.79 Å². The number of carboxylic acids is 1. The third-order valence-electron chi connectivity index (χ3n) is 15.3. The minimum absolute atomic E-state index is 0.0342. The number of ether oxygens (including phenoxy) is 2. The van der Waals surface area contributed by atoms with E-state index in [1.54, 1.807) is 24.3 Å². The molecule has 4 aliphatic carbocycles. The first-order chi connectivity index (χ1) is 28.6. The Morgan fingerprint density at radius 2 is 1.68 bits per heavy atom. The van der Waals surface area contributed by atoms with Crippen molar-refractivity contribution in [3.8, 4) is 11.8 Å². The van der Waals surface area contributed by atoms with E-state index >= 15 is 0 Å². The first kappa shape index (κ1) is 47.2. The van der Waals surface area contributed by atoms with Crippen LogP contribution in [-0.2, 0) is 35.1 Å². The molecule has 0 aromatic heterocycles. The highest BCUT2D eigenvalue weighted by atomic mass is 16.6. The van der Waals surface area contributed by atoms with Crippen molar-refractivity contribution in [2.45, 2.75) is 169 Å². The van der Waals surface area contributed by atoms with Crippen molar-refractivity contribution < 1.29 is 33.8 Å². The van der Waals surface area contributed by atoms with Gasteiger partial charge in [0, 0.05) is 31.6 Å². The second-order valence-corrected chi connectivity index (χ2v) is 19.9. The van der Waals surface area contributed by atoms with E-state index in [2.05, 4.69) is 71.4 Å². The maximum absolute atomic E-state index is 12.8. The molecule has 0 bridgehead atoms. The number of aliphatic carboxylic acids is 1. The number of carbonyl (C=O) groups is 4. The quantitative estimate of drug-likeness (QED) is 0.0763. The van der Waals surface area contributed by atoms with Crippen molar-refractivity contribution in [2.75, 3.05) is 6.54 Å². The summed E-state index contributed by atoms with van der Waals surface area (Å²) in [5.74, 6) is 8.89. The highest BCUT2D eigenvalue weighted by Crippen LogP contribution is 2.67. The van der Waals surface area contributed by atoms with Gasteiger partial charge in [-0.05, 0) is 129 Å². The normalized spacial score (nSPS) is 28.8. The molecule has 4 aliphatic rings. The monoisotopic (exact) mass is 826 g/mol. The van der Waals surface area contributed by atoms with Gasteiger partial charge in [0.2, 0.25) is 12.0 Å². The Hall–Kier alpha value is -3.86. The molecule has 5 rings (SSSR count). The van der Waals surface area contributed by atoms with E-state index < -0.39 is 29.9 Å². The molecule has 8 heteroatoms. The molecule has 1 amide bonds. The van der Waals surface area contributed by atoms with Crippen molar-refractivity contribution in [3.63, 3.8) is 0 Å². The van der Waals surface area contributed by atoms with Crippen LogP contribution in [0.25, 0.3) is 0 Å². The lowest BCUT2D eigenvalue weighted by molar-refractivity contribution is -0.164. The van der Waals surface area contributed by atoms with E-state index in [0.29, 0.717) is 23.2 Å². The van der Waals surface area contributed by atoms with Crippen molar-refractivity contribution in [1.29, 1.82) is 0 Å². The number of esters is 2. The van der Waals surface area contributed by atoms with Gasteiger partial charge in [0.1, 0.15) is 12.6 Å². The Labute approximate surface area is 361 Å². The standard InChI is InChI=1S/C52H75NO7/c1-35(2)14-11-15-36(3)16-12-17-37(4)18-13-19-38(5)43-24-25-44-42-23-22-40-33-41(28-30-51(40,6)45(42)29-31-52(43,44)7)59-49(56)34-53-47(54)26-27-48(55)60-46(50(57)58)32-39-20-9-8-10-21-39/h8-10,20-22,36-38,41-46H,1,11,13-16,18-19,23-34H2,2-7H3,(H,53,54)(H,57,58). The molecule has 0 radical (unpaired) electrons. The predicted octanol–water partition coefficient (Wildman–Crippen LogP) is 10.8. The van der Waals surface area contributed by atoms with Gasteiger partial charge in [-0.3, -0.25) is 14.4 Å². The predicted molar refractivity (Wildman–Crippen MR) is 237 cm³/mol. The molecule has 3 saturated carbocycles. The third-order valence-corrected chi connectivity index (χ3v) is 15.3. The zero-order valence-corrected chi connectivity index (χ0v) is 37.7. The summed E-state index contributed by atoms with van der Waals surface area (Å²) in [5.41, 5.74) is 4.00. The van der Waals surface area contributed by atoms with Crippen molar-refractivity contribution in [2.24, 2.45) is 52.3 Å². The highest BCUT2D eigenvalue weighted by Gasteiger charge is 2.59. The van der Waals surface area contributed by atoms with Gasteiger partial charge in [0.05, 0.1) is 6.42 Å². The number of hydrogen-bond donors (Lipinski definition) is 2. The summed E-state index contributed by atoms with van der Waals surface area (Å²) in [7, 11) is 0. The fourth-order valence-electron chi connectivity index (χ4n) is 11.9. The summed E-state index contributed by atoms with van der Waals surface area (Å²) in [6, 6.07) is 8.90. The van der Waals surface area contributed by atoms with Gasteiger partial charge in [-0.15, -0.1) is 18.4 Å². The van der Waals surface area contributed by atoms with Gasteiger partial charge in [0.25, 0.3) is 0 Å². The van der Waals surface area contributed by atoms with Crippen LogP contribution in [0.4, 0.5) is 0 Å². The van der Waals surface area contributed by atoms with Crippen LogP contribution in [0.1, 0.15) is 156 Å². The Bertz CT molecular complexity index is 1740. The van der Waals surface area contributed by atoms with Gasteiger partial charge in [-0.2, -0.15) is 0 Å². The SMILES string of the molecule is C=C(C)CCCC(C)CC#CC(C)CCCC(C)C1CCC2C3CC=C4CC(OC(=O)CNC(=O)CCC(=O)OC(Cc5ccccc5)C(=O)O)CCC4(C)C3CCC12C. The second-order valence-electron chi connectivity index (χ2n) is 19.9. The Kier molecular flexibility index (Phi) is 17.1. The molecule has 60 heavy (non-hydrogen) atoms. The maximum Gasteiger partial charge on any atom is 0.345 e. The fraction of sp³-hybridized carbons (Fsp3) is 0.692. The number of allylic oxidation sites excluding steroid dienone is 2. The molecular weight excluding hydrogens is 751 g/mol. The molecule has 3 fully saturated rings. The molecule has 1 aromatic rings. The summed E-state index contributed by atoms with van der Waals surface area (Å²) in [6.45, 7) is 18.1. The zero-order valence-electron chi connectivity index (χ0n) is 37.7. The molecule has 8 nitrogen and oxygen atoms in total. The number of amides is 1. The topological polar surface area (TPSA) is 119 Å². The van der Waals surface area contributed by atoms with Crippen LogP contribution in [0.2, 0.25) is 0 Å². The lowest BCUT2D eigenvalue weighted by atomic mass is 9.47.